The van der Waals surface area contributed by atoms with Gasteiger partial charge >= 0.3 is 0 Å². The first-order chi connectivity index (χ1) is 9.29. The first-order valence-electron chi connectivity index (χ1n) is 8.75. The van der Waals surface area contributed by atoms with Crippen molar-refractivity contribution >= 4 is 0 Å². The maximum atomic E-state index is 3.83. The first-order valence-corrected chi connectivity index (χ1v) is 8.75. The third kappa shape index (κ3) is 5.07. The Labute approximate surface area is 119 Å². The van der Waals surface area contributed by atoms with E-state index in [1.807, 2.05) is 0 Å². The highest BCUT2D eigenvalue weighted by Gasteiger charge is 2.29. The van der Waals surface area contributed by atoms with Crippen molar-refractivity contribution < 1.29 is 0 Å². The molecule has 1 N–H and O–H groups in total. The molecule has 0 aliphatic heterocycles. The summed E-state index contributed by atoms with van der Waals surface area (Å²) >= 11 is 0. The summed E-state index contributed by atoms with van der Waals surface area (Å²) in [4.78, 5) is 2.76. The van der Waals surface area contributed by atoms with Gasteiger partial charge in [-0.25, -0.2) is 0 Å². The number of nitrogens with one attached hydrogen (secondary N) is 1. The lowest BCUT2D eigenvalue weighted by molar-refractivity contribution is 0.236. The molecule has 3 saturated carbocycles. The van der Waals surface area contributed by atoms with Gasteiger partial charge in [-0.1, -0.05) is 19.8 Å². The third-order valence-electron chi connectivity index (χ3n) is 5.22. The van der Waals surface area contributed by atoms with Crippen molar-refractivity contribution in [3.8, 4) is 0 Å². The van der Waals surface area contributed by atoms with Crippen LogP contribution in [0.2, 0.25) is 0 Å². The van der Waals surface area contributed by atoms with Gasteiger partial charge in [0, 0.05) is 32.2 Å². The topological polar surface area (TPSA) is 15.3 Å². The van der Waals surface area contributed by atoms with Crippen LogP contribution >= 0.6 is 0 Å². The van der Waals surface area contributed by atoms with Crippen LogP contribution in [-0.2, 0) is 0 Å². The summed E-state index contributed by atoms with van der Waals surface area (Å²) < 4.78 is 0. The van der Waals surface area contributed by atoms with Crippen molar-refractivity contribution in [1.82, 2.24) is 10.2 Å². The molecule has 110 valence electrons. The van der Waals surface area contributed by atoms with Crippen LogP contribution in [0.15, 0.2) is 0 Å². The number of rotatable bonds is 8. The Balaban J connectivity index is 1.33. The van der Waals surface area contributed by atoms with Gasteiger partial charge in [0.1, 0.15) is 0 Å². The lowest BCUT2D eigenvalue weighted by atomic mass is 9.87. The minimum atomic E-state index is 0.812. The molecule has 3 aliphatic rings. The zero-order valence-electron chi connectivity index (χ0n) is 12.7. The van der Waals surface area contributed by atoms with Crippen molar-refractivity contribution in [2.75, 3.05) is 26.2 Å². The normalized spacial score (nSPS) is 31.9. The molecule has 0 saturated heterocycles. The summed E-state index contributed by atoms with van der Waals surface area (Å²) in [5, 5.41) is 3.83. The highest BCUT2D eigenvalue weighted by molar-refractivity contribution is 4.83. The van der Waals surface area contributed by atoms with E-state index in [0.717, 1.165) is 23.8 Å². The Kier molecular flexibility index (Phi) is 4.81. The monoisotopic (exact) mass is 264 g/mol. The molecule has 0 aromatic heterocycles. The molecule has 3 fully saturated rings. The minimum Gasteiger partial charge on any atom is -0.313 e. The highest BCUT2D eigenvalue weighted by Crippen LogP contribution is 2.33. The summed E-state index contributed by atoms with van der Waals surface area (Å²) in [6.07, 6.45) is 11.7. The van der Waals surface area contributed by atoms with Crippen molar-refractivity contribution in [1.29, 1.82) is 0 Å². The molecule has 19 heavy (non-hydrogen) atoms. The van der Waals surface area contributed by atoms with Crippen LogP contribution in [0.5, 0.6) is 0 Å². The zero-order chi connectivity index (χ0) is 13.1. The van der Waals surface area contributed by atoms with Crippen molar-refractivity contribution in [3.63, 3.8) is 0 Å². The Morgan fingerprint density at radius 3 is 2.21 bits per heavy atom. The van der Waals surface area contributed by atoms with Crippen LogP contribution in [0.25, 0.3) is 0 Å². The standard InChI is InChI=1S/C17H32N2/c1-14-3-2-4-17(11-14)18-9-10-19(12-15-5-6-15)13-16-7-8-16/h14-18H,2-13H2,1H3. The van der Waals surface area contributed by atoms with Gasteiger partial charge in [-0.3, -0.25) is 0 Å². The molecule has 2 unspecified atom stereocenters. The van der Waals surface area contributed by atoms with Gasteiger partial charge in [0.05, 0.1) is 0 Å². The van der Waals surface area contributed by atoms with Gasteiger partial charge in [0.25, 0.3) is 0 Å². The Hall–Kier alpha value is -0.0800. The maximum absolute atomic E-state index is 3.83. The Morgan fingerprint density at radius 1 is 0.947 bits per heavy atom. The van der Waals surface area contributed by atoms with Crippen LogP contribution in [0, 0.1) is 17.8 Å². The molecular formula is C17H32N2. The van der Waals surface area contributed by atoms with Gasteiger partial charge in [0.15, 0.2) is 0 Å². The number of hydrogen-bond acceptors (Lipinski definition) is 2. The van der Waals surface area contributed by atoms with Crippen molar-refractivity contribution in [2.45, 2.75) is 64.3 Å². The molecule has 0 spiro atoms. The average molecular weight is 264 g/mol. The summed E-state index contributed by atoms with van der Waals surface area (Å²) in [5.74, 6) is 3.04. The lowest BCUT2D eigenvalue weighted by Gasteiger charge is -2.29. The molecule has 2 atom stereocenters. The first kappa shape index (κ1) is 13.9. The van der Waals surface area contributed by atoms with Gasteiger partial charge in [0.2, 0.25) is 0 Å². The fourth-order valence-electron chi connectivity index (χ4n) is 3.63. The molecule has 0 aromatic carbocycles. The smallest absolute Gasteiger partial charge is 0.0107 e. The van der Waals surface area contributed by atoms with Gasteiger partial charge in [-0.15, -0.1) is 0 Å². The lowest BCUT2D eigenvalue weighted by Crippen LogP contribution is -2.40. The second-order valence-electron chi connectivity index (χ2n) is 7.57. The summed E-state index contributed by atoms with van der Waals surface area (Å²) in [5.41, 5.74) is 0. The van der Waals surface area contributed by atoms with E-state index < -0.39 is 0 Å². The quantitative estimate of drug-likeness (QED) is 0.724. The predicted octanol–water partition coefficient (Wildman–Crippen LogP) is 3.28. The molecule has 3 aliphatic carbocycles. The average Bonchev–Trinajstić information content (AvgIpc) is 3.25. The summed E-state index contributed by atoms with van der Waals surface area (Å²) in [7, 11) is 0. The van der Waals surface area contributed by atoms with E-state index >= 15 is 0 Å². The second kappa shape index (κ2) is 6.58. The van der Waals surface area contributed by atoms with Crippen LogP contribution < -0.4 is 5.32 Å². The molecule has 3 rings (SSSR count). The predicted molar refractivity (Wildman–Crippen MR) is 81.3 cm³/mol. The molecule has 2 nitrogen and oxygen atoms in total. The van der Waals surface area contributed by atoms with Crippen LogP contribution in [0.4, 0.5) is 0 Å². The summed E-state index contributed by atoms with van der Waals surface area (Å²) in [6, 6.07) is 0.812. The van der Waals surface area contributed by atoms with Crippen molar-refractivity contribution in [3.05, 3.63) is 0 Å². The Morgan fingerprint density at radius 2 is 1.63 bits per heavy atom. The van der Waals surface area contributed by atoms with E-state index in [1.165, 1.54) is 77.5 Å². The van der Waals surface area contributed by atoms with E-state index in [2.05, 4.69) is 17.1 Å². The van der Waals surface area contributed by atoms with Gasteiger partial charge in [-0.2, -0.15) is 0 Å². The number of hydrogen-bond donors (Lipinski definition) is 1. The van der Waals surface area contributed by atoms with Crippen molar-refractivity contribution in [2.24, 2.45) is 17.8 Å². The molecule has 2 heteroatoms. The highest BCUT2D eigenvalue weighted by atomic mass is 15.1. The van der Waals surface area contributed by atoms with Crippen LogP contribution in [-0.4, -0.2) is 37.1 Å². The molecule has 0 aromatic rings. The Bertz CT molecular complexity index is 256. The maximum Gasteiger partial charge on any atom is 0.0107 e. The largest absolute Gasteiger partial charge is 0.313 e. The zero-order valence-corrected chi connectivity index (χ0v) is 12.7. The molecule has 0 amide bonds. The van der Waals surface area contributed by atoms with E-state index in [0.29, 0.717) is 0 Å². The summed E-state index contributed by atoms with van der Waals surface area (Å²) in [6.45, 7) is 7.70. The minimum absolute atomic E-state index is 0.812. The third-order valence-corrected chi connectivity index (χ3v) is 5.22. The number of nitrogens with zero attached hydrogens (tertiary/aromatic N) is 1. The van der Waals surface area contributed by atoms with E-state index in [1.54, 1.807) is 0 Å². The van der Waals surface area contributed by atoms with E-state index in [4.69, 9.17) is 0 Å². The molecule has 0 heterocycles. The molecule has 0 bridgehead atoms. The van der Waals surface area contributed by atoms with Crippen LogP contribution in [0.1, 0.15) is 58.3 Å². The van der Waals surface area contributed by atoms with Crippen LogP contribution in [0.3, 0.4) is 0 Å². The van der Waals surface area contributed by atoms with E-state index in [9.17, 15) is 0 Å². The molecule has 0 radical (unpaired) electrons. The second-order valence-corrected chi connectivity index (χ2v) is 7.57. The van der Waals surface area contributed by atoms with E-state index in [-0.39, 0.29) is 0 Å². The SMILES string of the molecule is CC1CCCC(NCCN(CC2CC2)CC2CC2)C1. The molecular weight excluding hydrogens is 232 g/mol. The van der Waals surface area contributed by atoms with Gasteiger partial charge < -0.3 is 10.2 Å². The fraction of sp³-hybridized carbons (Fsp3) is 1.00. The fourth-order valence-corrected chi connectivity index (χ4v) is 3.63. The van der Waals surface area contributed by atoms with Gasteiger partial charge in [-0.05, 0) is 56.3 Å².